The number of phenolic OH excluding ortho intramolecular Hbond substituents is 2. The number of pyridine rings is 1. The van der Waals surface area contributed by atoms with E-state index in [0.717, 1.165) is 6.07 Å². The molecule has 3 rings (SSSR count). The standard InChI is InChI=1S/C17H13F2NO3/c1-8-5-12(10-6-9(21)3-4-14(10)23-2)20-13-7-11(18)17(22)16(19)15(8)13/h3-7,21-22H,1-2H3. The molecular weight excluding hydrogens is 304 g/mol. The second kappa shape index (κ2) is 5.39. The third-order valence-electron chi connectivity index (χ3n) is 3.62. The van der Waals surface area contributed by atoms with Gasteiger partial charge in [0.15, 0.2) is 17.4 Å². The first-order chi connectivity index (χ1) is 10.9. The topological polar surface area (TPSA) is 62.6 Å². The van der Waals surface area contributed by atoms with Crippen molar-refractivity contribution in [3.8, 4) is 28.5 Å². The van der Waals surface area contributed by atoms with Crippen LogP contribution >= 0.6 is 0 Å². The summed E-state index contributed by atoms with van der Waals surface area (Å²) in [5.41, 5.74) is 1.43. The zero-order chi connectivity index (χ0) is 16.7. The van der Waals surface area contributed by atoms with Crippen LogP contribution < -0.4 is 4.74 Å². The highest BCUT2D eigenvalue weighted by molar-refractivity contribution is 5.87. The first-order valence-electron chi connectivity index (χ1n) is 6.78. The predicted octanol–water partition coefficient (Wildman–Crippen LogP) is 3.91. The number of hydrogen-bond donors (Lipinski definition) is 2. The van der Waals surface area contributed by atoms with Crippen molar-refractivity contribution in [2.45, 2.75) is 6.92 Å². The van der Waals surface area contributed by atoms with Gasteiger partial charge < -0.3 is 14.9 Å². The number of methoxy groups -OCH3 is 1. The molecule has 0 fully saturated rings. The molecule has 0 saturated heterocycles. The van der Waals surface area contributed by atoms with E-state index in [-0.39, 0.29) is 16.7 Å². The fourth-order valence-electron chi connectivity index (χ4n) is 2.53. The minimum atomic E-state index is -1.08. The van der Waals surface area contributed by atoms with E-state index in [9.17, 15) is 19.0 Å². The molecule has 0 aliphatic rings. The lowest BCUT2D eigenvalue weighted by Crippen LogP contribution is -1.95. The monoisotopic (exact) mass is 317 g/mol. The lowest BCUT2D eigenvalue weighted by Gasteiger charge is -2.12. The number of rotatable bonds is 2. The molecule has 0 radical (unpaired) electrons. The van der Waals surface area contributed by atoms with Crippen molar-refractivity contribution in [3.63, 3.8) is 0 Å². The van der Waals surface area contributed by atoms with Gasteiger partial charge in [-0.25, -0.2) is 13.8 Å². The van der Waals surface area contributed by atoms with Gasteiger partial charge in [0, 0.05) is 17.0 Å². The number of ether oxygens (including phenoxy) is 1. The zero-order valence-electron chi connectivity index (χ0n) is 12.4. The SMILES string of the molecule is COc1ccc(O)cc1-c1cc(C)c2c(F)c(O)c(F)cc2n1. The summed E-state index contributed by atoms with van der Waals surface area (Å²) in [5, 5.41) is 19.1. The van der Waals surface area contributed by atoms with Gasteiger partial charge in [-0.1, -0.05) is 0 Å². The van der Waals surface area contributed by atoms with Crippen molar-refractivity contribution in [1.29, 1.82) is 0 Å². The Labute approximate surface area is 130 Å². The van der Waals surface area contributed by atoms with E-state index in [1.165, 1.54) is 19.2 Å². The lowest BCUT2D eigenvalue weighted by atomic mass is 10.0. The Morgan fingerprint density at radius 2 is 1.83 bits per heavy atom. The van der Waals surface area contributed by atoms with Crippen LogP contribution in [0.15, 0.2) is 30.3 Å². The minimum absolute atomic E-state index is 0.0171. The van der Waals surface area contributed by atoms with E-state index in [4.69, 9.17) is 4.74 Å². The Balaban J connectivity index is 2.33. The van der Waals surface area contributed by atoms with Crippen LogP contribution in [0, 0.1) is 18.6 Å². The smallest absolute Gasteiger partial charge is 0.188 e. The Hall–Kier alpha value is -2.89. The summed E-state index contributed by atoms with van der Waals surface area (Å²) in [6.07, 6.45) is 0. The number of hydrogen-bond acceptors (Lipinski definition) is 4. The Morgan fingerprint density at radius 3 is 2.52 bits per heavy atom. The van der Waals surface area contributed by atoms with Crippen LogP contribution in [0.2, 0.25) is 0 Å². The van der Waals surface area contributed by atoms with E-state index in [1.54, 1.807) is 19.1 Å². The molecule has 0 spiro atoms. The molecular formula is C17H13F2NO3. The summed E-state index contributed by atoms with van der Waals surface area (Å²) in [6.45, 7) is 1.63. The normalized spacial score (nSPS) is 11.0. The molecule has 6 heteroatoms. The third kappa shape index (κ3) is 2.42. The molecule has 3 aromatic rings. The van der Waals surface area contributed by atoms with Gasteiger partial charge >= 0.3 is 0 Å². The molecule has 2 N–H and O–H groups in total. The van der Waals surface area contributed by atoms with E-state index >= 15 is 0 Å². The second-order valence-corrected chi connectivity index (χ2v) is 5.12. The average Bonchev–Trinajstić information content (AvgIpc) is 2.52. The molecule has 1 aromatic heterocycles. The van der Waals surface area contributed by atoms with E-state index < -0.39 is 17.4 Å². The summed E-state index contributed by atoms with van der Waals surface area (Å²) >= 11 is 0. The van der Waals surface area contributed by atoms with Crippen LogP contribution in [0.25, 0.3) is 22.2 Å². The number of nitrogens with zero attached hydrogens (tertiary/aromatic N) is 1. The second-order valence-electron chi connectivity index (χ2n) is 5.12. The molecule has 4 nitrogen and oxygen atoms in total. The summed E-state index contributed by atoms with van der Waals surface area (Å²) in [5.74, 6) is -2.66. The summed E-state index contributed by atoms with van der Waals surface area (Å²) in [6, 6.07) is 7.05. The van der Waals surface area contributed by atoms with Gasteiger partial charge in [-0.15, -0.1) is 0 Å². The predicted molar refractivity (Wildman–Crippen MR) is 81.7 cm³/mol. The summed E-state index contributed by atoms with van der Waals surface area (Å²) in [7, 11) is 1.47. The zero-order valence-corrected chi connectivity index (χ0v) is 12.4. The van der Waals surface area contributed by atoms with Crippen molar-refractivity contribution in [2.24, 2.45) is 0 Å². The van der Waals surface area contributed by atoms with Gasteiger partial charge in [-0.3, -0.25) is 0 Å². The van der Waals surface area contributed by atoms with Gasteiger partial charge in [0.1, 0.15) is 11.5 Å². The van der Waals surface area contributed by atoms with Crippen LogP contribution in [0.1, 0.15) is 5.56 Å². The van der Waals surface area contributed by atoms with E-state index in [0.29, 0.717) is 22.6 Å². The highest BCUT2D eigenvalue weighted by atomic mass is 19.1. The third-order valence-corrected chi connectivity index (χ3v) is 3.62. The fourth-order valence-corrected chi connectivity index (χ4v) is 2.53. The summed E-state index contributed by atoms with van der Waals surface area (Å²) < 4.78 is 32.9. The number of phenols is 2. The first-order valence-corrected chi connectivity index (χ1v) is 6.78. The molecule has 0 aliphatic carbocycles. The van der Waals surface area contributed by atoms with Gasteiger partial charge in [-0.2, -0.15) is 0 Å². The average molecular weight is 317 g/mol. The molecule has 0 saturated carbocycles. The minimum Gasteiger partial charge on any atom is -0.508 e. The van der Waals surface area contributed by atoms with Crippen molar-refractivity contribution >= 4 is 10.9 Å². The van der Waals surface area contributed by atoms with Crippen LogP contribution in [-0.4, -0.2) is 22.3 Å². The number of aromatic nitrogens is 1. The first kappa shape index (κ1) is 15.0. The molecule has 1 heterocycles. The molecule has 0 bridgehead atoms. The highest BCUT2D eigenvalue weighted by Gasteiger charge is 2.18. The molecule has 23 heavy (non-hydrogen) atoms. The van der Waals surface area contributed by atoms with Crippen molar-refractivity contribution in [2.75, 3.05) is 7.11 Å². The number of aryl methyl sites for hydroxylation is 1. The fraction of sp³-hybridized carbons (Fsp3) is 0.118. The maximum Gasteiger partial charge on any atom is 0.188 e. The van der Waals surface area contributed by atoms with Crippen molar-refractivity contribution in [1.82, 2.24) is 4.98 Å². The largest absolute Gasteiger partial charge is 0.508 e. The maximum absolute atomic E-state index is 14.1. The maximum atomic E-state index is 14.1. The van der Waals surface area contributed by atoms with E-state index in [1.807, 2.05) is 0 Å². The quantitative estimate of drug-likeness (QED) is 0.752. The Morgan fingerprint density at radius 1 is 1.09 bits per heavy atom. The molecule has 118 valence electrons. The van der Waals surface area contributed by atoms with Gasteiger partial charge in [0.2, 0.25) is 0 Å². The lowest BCUT2D eigenvalue weighted by molar-refractivity contribution is 0.400. The van der Waals surface area contributed by atoms with Crippen molar-refractivity contribution < 1.29 is 23.7 Å². The van der Waals surface area contributed by atoms with Crippen LogP contribution in [0.5, 0.6) is 17.2 Å². The van der Waals surface area contributed by atoms with Gasteiger partial charge in [0.05, 0.1) is 18.3 Å². The molecule has 2 aromatic carbocycles. The van der Waals surface area contributed by atoms with Gasteiger partial charge in [-0.05, 0) is 36.8 Å². The molecule has 0 atom stereocenters. The number of halogens is 2. The number of aromatic hydroxyl groups is 2. The highest BCUT2D eigenvalue weighted by Crippen LogP contribution is 2.36. The van der Waals surface area contributed by atoms with Crippen molar-refractivity contribution in [3.05, 3.63) is 47.5 Å². The Kier molecular flexibility index (Phi) is 3.52. The van der Waals surface area contributed by atoms with Crippen LogP contribution in [-0.2, 0) is 0 Å². The number of benzene rings is 2. The van der Waals surface area contributed by atoms with Gasteiger partial charge in [0.25, 0.3) is 0 Å². The Bertz CT molecular complexity index is 926. The number of fused-ring (bicyclic) bond motifs is 1. The summed E-state index contributed by atoms with van der Waals surface area (Å²) in [4.78, 5) is 4.24. The van der Waals surface area contributed by atoms with E-state index in [2.05, 4.69) is 4.98 Å². The molecule has 0 aliphatic heterocycles. The molecule has 0 amide bonds. The van der Waals surface area contributed by atoms with Crippen LogP contribution in [0.4, 0.5) is 8.78 Å². The van der Waals surface area contributed by atoms with Crippen LogP contribution in [0.3, 0.4) is 0 Å². The molecule has 0 unspecified atom stereocenters.